The van der Waals surface area contributed by atoms with Crippen LogP contribution in [0.5, 0.6) is 0 Å². The summed E-state index contributed by atoms with van der Waals surface area (Å²) in [5.74, 6) is -1.19. The molecular weight excluding hydrogens is 519 g/mol. The summed E-state index contributed by atoms with van der Waals surface area (Å²) in [5, 5.41) is 0.244. The quantitative estimate of drug-likeness (QED) is 0.412. The zero-order chi connectivity index (χ0) is 20.2. The summed E-state index contributed by atoms with van der Waals surface area (Å²) in [7, 11) is 0. The maximum atomic E-state index is 14.6. The summed E-state index contributed by atoms with van der Waals surface area (Å²) < 4.78 is 31.7. The Morgan fingerprint density at radius 1 is 1.07 bits per heavy atom. The molecule has 2 aromatic carbocycles. The van der Waals surface area contributed by atoms with Crippen LogP contribution in [0.4, 0.5) is 8.78 Å². The molecule has 0 fully saturated rings. The lowest BCUT2D eigenvalue weighted by Crippen LogP contribution is -2.18. The molecule has 142 valence electrons. The molecule has 0 unspecified atom stereocenters. The Morgan fingerprint density at radius 2 is 1.75 bits per heavy atom. The zero-order valence-corrected chi connectivity index (χ0v) is 18.1. The first-order chi connectivity index (χ1) is 13.3. The van der Waals surface area contributed by atoms with Gasteiger partial charge in [0.1, 0.15) is 28.0 Å². The van der Waals surface area contributed by atoms with Crippen molar-refractivity contribution in [2.75, 3.05) is 0 Å². The van der Waals surface area contributed by atoms with Crippen molar-refractivity contribution in [3.8, 4) is 5.69 Å². The van der Waals surface area contributed by atoms with Crippen molar-refractivity contribution >= 4 is 49.2 Å². The van der Waals surface area contributed by atoms with Gasteiger partial charge in [0.15, 0.2) is 0 Å². The minimum absolute atomic E-state index is 0.0541. The fourth-order valence-electron chi connectivity index (χ4n) is 3.13. The Hall–Kier alpha value is -1.90. The fourth-order valence-corrected chi connectivity index (χ4v) is 4.00. The van der Waals surface area contributed by atoms with Crippen molar-refractivity contribution in [3.63, 3.8) is 0 Å². The van der Waals surface area contributed by atoms with Crippen LogP contribution in [0, 0.1) is 11.6 Å². The number of fused-ring (bicyclic) bond motifs is 3. The maximum Gasteiger partial charge on any atom is 0.287 e. The molecule has 1 aromatic heterocycles. The monoisotopic (exact) mass is 527 g/mol. The highest BCUT2D eigenvalue weighted by molar-refractivity contribution is 9.10. The second-order valence-electron chi connectivity index (χ2n) is 6.13. The van der Waals surface area contributed by atoms with Crippen LogP contribution < -0.4 is 5.56 Å². The number of halogens is 5. The molecule has 2 heterocycles. The second-order valence-corrected chi connectivity index (χ2v) is 8.21. The summed E-state index contributed by atoms with van der Waals surface area (Å²) >= 11 is 13.1. The first-order valence-corrected chi connectivity index (χ1v) is 10.1. The van der Waals surface area contributed by atoms with Crippen LogP contribution in [0.2, 0.25) is 5.02 Å². The van der Waals surface area contributed by atoms with E-state index in [-0.39, 0.29) is 20.8 Å². The third-order valence-corrected chi connectivity index (χ3v) is 6.20. The van der Waals surface area contributed by atoms with Gasteiger partial charge in [-0.3, -0.25) is 9.79 Å². The highest BCUT2D eigenvalue weighted by atomic mass is 79.9. The highest BCUT2D eigenvalue weighted by Gasteiger charge is 2.29. The molecule has 0 aliphatic carbocycles. The predicted octanol–water partition coefficient (Wildman–Crippen LogP) is 5.60. The molecule has 0 N–H and O–H groups in total. The standard InChI is InChI=1S/C19H10Br2ClF2N3O/c1-8-18-26-19(28)10(21)7-27(18)13-6-5-9(20)16(22)15(13)17(25-8)14-11(23)3-2-4-12(14)24/h2-8H,1H3/t8-/m0/s1. The number of aliphatic imine (C=N–C) groups is 1. The van der Waals surface area contributed by atoms with E-state index in [0.717, 1.165) is 12.1 Å². The van der Waals surface area contributed by atoms with E-state index >= 15 is 0 Å². The topological polar surface area (TPSA) is 47.2 Å². The van der Waals surface area contributed by atoms with Gasteiger partial charge in [0.2, 0.25) is 0 Å². The van der Waals surface area contributed by atoms with Crippen LogP contribution in [0.15, 0.2) is 55.3 Å². The Morgan fingerprint density at radius 3 is 2.43 bits per heavy atom. The highest BCUT2D eigenvalue weighted by Crippen LogP contribution is 2.38. The molecule has 9 heteroatoms. The summed E-state index contributed by atoms with van der Waals surface area (Å²) in [6.45, 7) is 1.69. The molecule has 0 saturated carbocycles. The summed E-state index contributed by atoms with van der Waals surface area (Å²) in [6.07, 6.45) is 1.56. The van der Waals surface area contributed by atoms with Gasteiger partial charge >= 0.3 is 0 Å². The number of nitrogens with zero attached hydrogens (tertiary/aromatic N) is 3. The predicted molar refractivity (Wildman–Crippen MR) is 111 cm³/mol. The Kier molecular flexibility index (Phi) is 4.97. The molecule has 4 rings (SSSR count). The van der Waals surface area contributed by atoms with E-state index in [1.807, 2.05) is 0 Å². The van der Waals surface area contributed by atoms with Crippen molar-refractivity contribution in [1.82, 2.24) is 9.55 Å². The molecule has 0 radical (unpaired) electrons. The van der Waals surface area contributed by atoms with Gasteiger partial charge in [0.25, 0.3) is 5.56 Å². The van der Waals surface area contributed by atoms with Crippen molar-refractivity contribution in [3.05, 3.63) is 89.4 Å². The van der Waals surface area contributed by atoms with Crippen LogP contribution >= 0.6 is 43.5 Å². The van der Waals surface area contributed by atoms with Crippen molar-refractivity contribution in [1.29, 1.82) is 0 Å². The fraction of sp³-hybridized carbons (Fsp3) is 0.105. The smallest absolute Gasteiger partial charge is 0.287 e. The van der Waals surface area contributed by atoms with Gasteiger partial charge in [-0.2, -0.15) is 4.98 Å². The minimum Gasteiger partial charge on any atom is -0.301 e. The third-order valence-electron chi connectivity index (χ3n) is 4.37. The molecule has 0 saturated heterocycles. The lowest BCUT2D eigenvalue weighted by atomic mass is 9.99. The van der Waals surface area contributed by atoms with Gasteiger partial charge in [0, 0.05) is 16.2 Å². The van der Waals surface area contributed by atoms with Gasteiger partial charge in [-0.15, -0.1) is 0 Å². The number of aromatic nitrogens is 2. The van der Waals surface area contributed by atoms with Crippen molar-refractivity contribution in [2.45, 2.75) is 13.0 Å². The molecule has 1 aliphatic heterocycles. The lowest BCUT2D eigenvalue weighted by Gasteiger charge is -2.17. The van der Waals surface area contributed by atoms with Crippen LogP contribution in [-0.4, -0.2) is 15.3 Å². The largest absolute Gasteiger partial charge is 0.301 e. The minimum atomic E-state index is -0.762. The van der Waals surface area contributed by atoms with Crippen LogP contribution in [-0.2, 0) is 0 Å². The lowest BCUT2D eigenvalue weighted by molar-refractivity contribution is 0.578. The number of hydrogen-bond donors (Lipinski definition) is 0. The van der Waals surface area contributed by atoms with E-state index in [1.54, 1.807) is 29.8 Å². The van der Waals surface area contributed by atoms with Gasteiger partial charge in [-0.25, -0.2) is 8.78 Å². The molecule has 0 amide bonds. The van der Waals surface area contributed by atoms with E-state index < -0.39 is 23.2 Å². The zero-order valence-electron chi connectivity index (χ0n) is 14.2. The van der Waals surface area contributed by atoms with E-state index in [2.05, 4.69) is 41.8 Å². The average Bonchev–Trinajstić information content (AvgIpc) is 2.75. The molecule has 0 spiro atoms. The van der Waals surface area contributed by atoms with Crippen LogP contribution in [0.25, 0.3) is 5.69 Å². The van der Waals surface area contributed by atoms with E-state index in [1.165, 1.54) is 6.07 Å². The Labute approximate surface area is 180 Å². The van der Waals surface area contributed by atoms with E-state index in [9.17, 15) is 13.6 Å². The van der Waals surface area contributed by atoms with Gasteiger partial charge in [-0.1, -0.05) is 17.7 Å². The van der Waals surface area contributed by atoms with Crippen LogP contribution in [0.1, 0.15) is 29.9 Å². The molecule has 3 aromatic rings. The van der Waals surface area contributed by atoms with Gasteiger partial charge < -0.3 is 4.57 Å². The molecule has 1 atom stereocenters. The van der Waals surface area contributed by atoms with Crippen LogP contribution in [0.3, 0.4) is 0 Å². The van der Waals surface area contributed by atoms with Gasteiger partial charge in [0.05, 0.1) is 22.0 Å². The summed E-state index contributed by atoms with van der Waals surface area (Å²) in [5.41, 5.74) is 0.146. The average molecular weight is 530 g/mol. The molecule has 4 nitrogen and oxygen atoms in total. The molecule has 0 bridgehead atoms. The van der Waals surface area contributed by atoms with Crippen molar-refractivity contribution < 1.29 is 8.78 Å². The maximum absolute atomic E-state index is 14.6. The first kappa shape index (κ1) is 19.4. The van der Waals surface area contributed by atoms with Gasteiger partial charge in [-0.05, 0) is 63.0 Å². The summed E-state index contributed by atoms with van der Waals surface area (Å²) in [6, 6.07) is 6.38. The normalized spacial score (nSPS) is 15.5. The number of benzene rings is 2. The van der Waals surface area contributed by atoms with E-state index in [0.29, 0.717) is 21.5 Å². The Bertz CT molecular complexity index is 1210. The number of hydrogen-bond acceptors (Lipinski definition) is 3. The van der Waals surface area contributed by atoms with E-state index in [4.69, 9.17) is 11.6 Å². The molecule has 28 heavy (non-hydrogen) atoms. The third kappa shape index (κ3) is 3.03. The number of rotatable bonds is 1. The Balaban J connectivity index is 2.17. The van der Waals surface area contributed by atoms with Crippen molar-refractivity contribution in [2.24, 2.45) is 4.99 Å². The summed E-state index contributed by atoms with van der Waals surface area (Å²) in [4.78, 5) is 20.7. The first-order valence-electron chi connectivity index (χ1n) is 8.09. The molecule has 1 aliphatic rings. The SMILES string of the molecule is C[C@@H]1N=C(c2c(F)cccc2F)c2c(ccc(Br)c2Cl)-n2cc(Br)c(=O)nc21. The second kappa shape index (κ2) is 7.17. The molecular formula is C19H10Br2ClF2N3O.